The number of carbonyl (C=O) groups excluding carboxylic acids is 1. The second-order valence-corrected chi connectivity index (χ2v) is 3.31. The van der Waals surface area contributed by atoms with Gasteiger partial charge in [0.2, 0.25) is 5.91 Å². The Hall–Kier alpha value is -0.780. The second-order valence-electron chi connectivity index (χ2n) is 3.31. The maximum Gasteiger partial charge on any atom is 0.389 e. The van der Waals surface area contributed by atoms with Gasteiger partial charge in [-0.05, 0) is 25.8 Å². The van der Waals surface area contributed by atoms with Crippen LogP contribution in [0.2, 0.25) is 0 Å². The summed E-state index contributed by atoms with van der Waals surface area (Å²) in [4.78, 5) is 11.0. The molecule has 6 heteroatoms. The van der Waals surface area contributed by atoms with Crippen LogP contribution in [0, 0.1) is 0 Å². The third-order valence-corrected chi connectivity index (χ3v) is 1.82. The van der Waals surface area contributed by atoms with E-state index in [9.17, 15) is 18.0 Å². The van der Waals surface area contributed by atoms with E-state index in [-0.39, 0.29) is 18.9 Å². The molecular formula is C9H17F3N2O. The summed E-state index contributed by atoms with van der Waals surface area (Å²) in [6, 6.07) is 0. The first-order valence-corrected chi connectivity index (χ1v) is 4.99. The fraction of sp³-hybridized carbons (Fsp3) is 0.889. The highest BCUT2D eigenvalue weighted by atomic mass is 19.4. The van der Waals surface area contributed by atoms with E-state index in [2.05, 4.69) is 5.32 Å². The van der Waals surface area contributed by atoms with Crippen LogP contribution < -0.4 is 11.1 Å². The predicted octanol–water partition coefficient (Wildman–Crippen LogP) is 1.57. The van der Waals surface area contributed by atoms with Gasteiger partial charge in [-0.15, -0.1) is 0 Å². The molecule has 0 fully saturated rings. The van der Waals surface area contributed by atoms with Crippen LogP contribution in [-0.4, -0.2) is 25.2 Å². The summed E-state index contributed by atoms with van der Waals surface area (Å²) in [5.41, 5.74) is 5.23. The van der Waals surface area contributed by atoms with E-state index in [4.69, 9.17) is 5.73 Å². The number of halogens is 3. The van der Waals surface area contributed by atoms with Gasteiger partial charge in [-0.3, -0.25) is 4.79 Å². The minimum atomic E-state index is -4.13. The number of carbonyl (C=O) groups is 1. The minimum absolute atomic E-state index is 0.0634. The van der Waals surface area contributed by atoms with Crippen molar-refractivity contribution >= 4 is 5.91 Å². The minimum Gasteiger partial charge on any atom is -0.356 e. The van der Waals surface area contributed by atoms with Gasteiger partial charge in [0.05, 0.1) is 0 Å². The van der Waals surface area contributed by atoms with Gasteiger partial charge in [0.15, 0.2) is 0 Å². The van der Waals surface area contributed by atoms with Crippen molar-refractivity contribution in [2.75, 3.05) is 13.1 Å². The Morgan fingerprint density at radius 2 is 1.87 bits per heavy atom. The molecule has 0 saturated heterocycles. The first kappa shape index (κ1) is 14.2. The summed E-state index contributed by atoms with van der Waals surface area (Å²) in [5.74, 6) is -0.203. The zero-order valence-corrected chi connectivity index (χ0v) is 8.57. The topological polar surface area (TPSA) is 55.1 Å². The molecule has 15 heavy (non-hydrogen) atoms. The number of hydrogen-bond donors (Lipinski definition) is 2. The van der Waals surface area contributed by atoms with E-state index in [1.165, 1.54) is 0 Å². The molecule has 1 amide bonds. The van der Waals surface area contributed by atoms with Crippen LogP contribution in [0.25, 0.3) is 0 Å². The van der Waals surface area contributed by atoms with Gasteiger partial charge in [-0.1, -0.05) is 0 Å². The van der Waals surface area contributed by atoms with Crippen LogP contribution in [0.5, 0.6) is 0 Å². The molecule has 0 bridgehead atoms. The molecule has 0 aromatic heterocycles. The molecule has 0 aromatic carbocycles. The normalized spacial score (nSPS) is 11.5. The van der Waals surface area contributed by atoms with Crippen LogP contribution >= 0.6 is 0 Å². The smallest absolute Gasteiger partial charge is 0.356 e. The van der Waals surface area contributed by atoms with Crippen LogP contribution in [0.1, 0.15) is 32.1 Å². The maximum atomic E-state index is 11.7. The lowest BCUT2D eigenvalue weighted by Gasteiger charge is -2.07. The van der Waals surface area contributed by atoms with Crippen molar-refractivity contribution in [3.05, 3.63) is 0 Å². The molecule has 0 spiro atoms. The number of rotatable bonds is 7. The van der Waals surface area contributed by atoms with Gasteiger partial charge < -0.3 is 11.1 Å². The molecule has 3 nitrogen and oxygen atoms in total. The fourth-order valence-corrected chi connectivity index (χ4v) is 1.03. The third kappa shape index (κ3) is 11.1. The van der Waals surface area contributed by atoms with Crippen molar-refractivity contribution in [3.8, 4) is 0 Å². The van der Waals surface area contributed by atoms with E-state index in [1.54, 1.807) is 0 Å². The molecular weight excluding hydrogens is 209 g/mol. The Balaban J connectivity index is 3.32. The number of amides is 1. The molecule has 0 radical (unpaired) electrons. The van der Waals surface area contributed by atoms with Crippen LogP contribution in [0.15, 0.2) is 0 Å². The average Bonchev–Trinajstić information content (AvgIpc) is 2.11. The zero-order valence-electron chi connectivity index (χ0n) is 8.57. The van der Waals surface area contributed by atoms with E-state index in [0.29, 0.717) is 19.4 Å². The molecule has 90 valence electrons. The summed E-state index contributed by atoms with van der Waals surface area (Å²) in [6.07, 6.45) is -3.27. The van der Waals surface area contributed by atoms with Gasteiger partial charge in [0.1, 0.15) is 0 Å². The Bertz CT molecular complexity index is 183. The molecule has 0 aromatic rings. The zero-order chi connectivity index (χ0) is 11.7. The highest BCUT2D eigenvalue weighted by Crippen LogP contribution is 2.20. The summed E-state index contributed by atoms with van der Waals surface area (Å²) in [6.45, 7) is 0.613. The van der Waals surface area contributed by atoms with Crippen molar-refractivity contribution in [1.82, 2.24) is 5.32 Å². The molecule has 0 unspecified atom stereocenters. The van der Waals surface area contributed by atoms with Gasteiger partial charge in [-0.25, -0.2) is 0 Å². The fourth-order valence-electron chi connectivity index (χ4n) is 1.03. The summed E-state index contributed by atoms with van der Waals surface area (Å²) in [7, 11) is 0. The SMILES string of the molecule is NCCCCC(=O)NCCCC(F)(F)F. The number of alkyl halides is 3. The Kier molecular flexibility index (Phi) is 7.11. The largest absolute Gasteiger partial charge is 0.389 e. The third-order valence-electron chi connectivity index (χ3n) is 1.82. The first-order chi connectivity index (χ1) is 6.95. The van der Waals surface area contributed by atoms with Crippen LogP contribution in [-0.2, 0) is 4.79 Å². The van der Waals surface area contributed by atoms with Crippen molar-refractivity contribution < 1.29 is 18.0 Å². The molecule has 0 aliphatic carbocycles. The second kappa shape index (κ2) is 7.50. The molecule has 0 heterocycles. The summed E-state index contributed by atoms with van der Waals surface area (Å²) >= 11 is 0. The highest BCUT2D eigenvalue weighted by molar-refractivity contribution is 5.75. The van der Waals surface area contributed by atoms with Crippen LogP contribution in [0.3, 0.4) is 0 Å². The lowest BCUT2D eigenvalue weighted by atomic mass is 10.2. The van der Waals surface area contributed by atoms with Crippen molar-refractivity contribution in [2.24, 2.45) is 5.73 Å². The summed E-state index contributed by atoms with van der Waals surface area (Å²) in [5, 5.41) is 2.43. The maximum absolute atomic E-state index is 11.7. The predicted molar refractivity (Wildman–Crippen MR) is 51.2 cm³/mol. The standard InChI is InChI=1S/C9H17F3N2O/c10-9(11,12)5-3-7-14-8(15)4-1-2-6-13/h1-7,13H2,(H,14,15). The number of nitrogens with one attached hydrogen (secondary N) is 1. The van der Waals surface area contributed by atoms with Gasteiger partial charge in [-0.2, -0.15) is 13.2 Å². The van der Waals surface area contributed by atoms with E-state index in [0.717, 1.165) is 6.42 Å². The van der Waals surface area contributed by atoms with Crippen LogP contribution in [0.4, 0.5) is 13.2 Å². The lowest BCUT2D eigenvalue weighted by Crippen LogP contribution is -2.25. The Morgan fingerprint density at radius 3 is 2.40 bits per heavy atom. The lowest BCUT2D eigenvalue weighted by molar-refractivity contribution is -0.136. The number of unbranched alkanes of at least 4 members (excludes halogenated alkanes) is 1. The number of nitrogens with two attached hydrogens (primary N) is 1. The molecule has 0 aliphatic rings. The van der Waals surface area contributed by atoms with Crippen molar-refractivity contribution in [3.63, 3.8) is 0 Å². The Labute approximate surface area is 87.2 Å². The van der Waals surface area contributed by atoms with Crippen molar-refractivity contribution in [1.29, 1.82) is 0 Å². The molecule has 0 aliphatic heterocycles. The summed E-state index contributed by atoms with van der Waals surface area (Å²) < 4.78 is 35.1. The average molecular weight is 226 g/mol. The molecule has 0 atom stereocenters. The van der Waals surface area contributed by atoms with Gasteiger partial charge >= 0.3 is 6.18 Å². The monoisotopic (exact) mass is 226 g/mol. The van der Waals surface area contributed by atoms with Gasteiger partial charge in [0, 0.05) is 19.4 Å². The highest BCUT2D eigenvalue weighted by Gasteiger charge is 2.25. The molecule has 0 saturated carbocycles. The van der Waals surface area contributed by atoms with E-state index < -0.39 is 12.6 Å². The number of hydrogen-bond acceptors (Lipinski definition) is 2. The Morgan fingerprint density at radius 1 is 1.20 bits per heavy atom. The quantitative estimate of drug-likeness (QED) is 0.647. The van der Waals surface area contributed by atoms with Gasteiger partial charge in [0.25, 0.3) is 0 Å². The van der Waals surface area contributed by atoms with E-state index in [1.807, 2.05) is 0 Å². The first-order valence-electron chi connectivity index (χ1n) is 4.99. The van der Waals surface area contributed by atoms with Crippen molar-refractivity contribution in [2.45, 2.75) is 38.3 Å². The molecule has 3 N–H and O–H groups in total. The molecule has 0 rings (SSSR count). The van der Waals surface area contributed by atoms with E-state index >= 15 is 0 Å².